The van der Waals surface area contributed by atoms with E-state index in [2.05, 4.69) is 27.3 Å². The molecule has 0 heterocycles. The van der Waals surface area contributed by atoms with Gasteiger partial charge in [0.25, 0.3) is 0 Å². The Morgan fingerprint density at radius 2 is 2.35 bits per heavy atom. The van der Waals surface area contributed by atoms with E-state index in [4.69, 9.17) is 15.7 Å². The van der Waals surface area contributed by atoms with Crippen LogP contribution in [0.25, 0.3) is 0 Å². The average molecular weight is 298 g/mol. The fourth-order valence-corrected chi connectivity index (χ4v) is 1.67. The molecule has 17 heavy (non-hydrogen) atoms. The van der Waals surface area contributed by atoms with Crippen LogP contribution in [0, 0.1) is 11.3 Å². The van der Waals surface area contributed by atoms with Crippen molar-refractivity contribution in [2.24, 2.45) is 5.73 Å². The number of rotatable bonds is 6. The molecule has 90 valence electrons. The topological polar surface area (TPSA) is 88.1 Å². The van der Waals surface area contributed by atoms with Crippen molar-refractivity contribution in [2.75, 3.05) is 25.1 Å². The summed E-state index contributed by atoms with van der Waals surface area (Å²) in [6, 6.07) is 7.53. The number of nitrogens with one attached hydrogen (secondary N) is 1. The van der Waals surface area contributed by atoms with E-state index in [-0.39, 0.29) is 6.61 Å². The molecule has 6 heteroatoms. The molecule has 3 N–H and O–H groups in total. The van der Waals surface area contributed by atoms with Crippen molar-refractivity contribution in [2.45, 2.75) is 0 Å². The van der Waals surface area contributed by atoms with Crippen LogP contribution in [0.1, 0.15) is 5.56 Å². The first-order valence-corrected chi connectivity index (χ1v) is 5.73. The number of halogens is 1. The third-order valence-corrected chi connectivity index (χ3v) is 2.59. The van der Waals surface area contributed by atoms with Gasteiger partial charge in [0, 0.05) is 11.0 Å². The van der Waals surface area contributed by atoms with E-state index in [1.54, 1.807) is 12.1 Å². The van der Waals surface area contributed by atoms with Gasteiger partial charge in [-0.15, -0.1) is 0 Å². The summed E-state index contributed by atoms with van der Waals surface area (Å²) >= 11 is 3.29. The highest BCUT2D eigenvalue weighted by Crippen LogP contribution is 2.23. The van der Waals surface area contributed by atoms with Gasteiger partial charge in [-0.25, -0.2) is 0 Å². The van der Waals surface area contributed by atoms with Crippen LogP contribution in [-0.4, -0.2) is 25.7 Å². The summed E-state index contributed by atoms with van der Waals surface area (Å²) in [7, 11) is 0. The molecule has 0 aliphatic carbocycles. The van der Waals surface area contributed by atoms with E-state index in [0.29, 0.717) is 18.7 Å². The van der Waals surface area contributed by atoms with Crippen LogP contribution < -0.4 is 11.1 Å². The van der Waals surface area contributed by atoms with Crippen LogP contribution in [0.15, 0.2) is 22.7 Å². The molecule has 1 aromatic rings. The lowest BCUT2D eigenvalue weighted by Gasteiger charge is -2.09. The van der Waals surface area contributed by atoms with Gasteiger partial charge in [0.15, 0.2) is 0 Å². The third-order valence-electron chi connectivity index (χ3n) is 1.93. The van der Waals surface area contributed by atoms with Gasteiger partial charge in [0.05, 0.1) is 17.9 Å². The Bertz CT molecular complexity index is 443. The number of nitrogens with two attached hydrogens (primary N) is 1. The Kier molecular flexibility index (Phi) is 5.46. The van der Waals surface area contributed by atoms with Crippen molar-refractivity contribution >= 4 is 27.5 Å². The Morgan fingerprint density at radius 1 is 1.59 bits per heavy atom. The number of hydrogen-bond acceptors (Lipinski definition) is 4. The molecular weight excluding hydrogens is 286 g/mol. The molecule has 0 fully saturated rings. The molecule has 0 aliphatic rings. The van der Waals surface area contributed by atoms with E-state index < -0.39 is 5.91 Å². The van der Waals surface area contributed by atoms with Crippen molar-refractivity contribution in [3.8, 4) is 6.07 Å². The standard InChI is InChI=1S/C11H12BrN3O2/c12-9-2-1-3-10(8(9)6-13)15-4-5-17-7-11(14)16/h1-3,15H,4-5,7H2,(H2,14,16). The van der Waals surface area contributed by atoms with Gasteiger partial charge >= 0.3 is 0 Å². The molecule has 1 aromatic carbocycles. The summed E-state index contributed by atoms with van der Waals surface area (Å²) in [4.78, 5) is 10.4. The third kappa shape index (κ3) is 4.43. The molecule has 0 aliphatic heterocycles. The zero-order valence-corrected chi connectivity index (χ0v) is 10.7. The molecule has 0 atom stereocenters. The van der Waals surface area contributed by atoms with Crippen LogP contribution in [0.4, 0.5) is 5.69 Å². The number of anilines is 1. The Hall–Kier alpha value is -1.58. The molecule has 5 nitrogen and oxygen atoms in total. The second-order valence-electron chi connectivity index (χ2n) is 3.22. The largest absolute Gasteiger partial charge is 0.382 e. The van der Waals surface area contributed by atoms with Crippen molar-refractivity contribution < 1.29 is 9.53 Å². The second kappa shape index (κ2) is 6.89. The maximum atomic E-state index is 10.4. The molecule has 0 unspecified atom stereocenters. The minimum absolute atomic E-state index is 0.0920. The van der Waals surface area contributed by atoms with Crippen LogP contribution in [-0.2, 0) is 9.53 Å². The lowest BCUT2D eigenvalue weighted by Crippen LogP contribution is -2.20. The average Bonchev–Trinajstić information content (AvgIpc) is 2.28. The summed E-state index contributed by atoms with van der Waals surface area (Å²) in [6.45, 7) is 0.754. The van der Waals surface area contributed by atoms with Crippen LogP contribution in [0.5, 0.6) is 0 Å². The van der Waals surface area contributed by atoms with E-state index >= 15 is 0 Å². The van der Waals surface area contributed by atoms with Crippen molar-refractivity contribution in [3.63, 3.8) is 0 Å². The van der Waals surface area contributed by atoms with Crippen LogP contribution >= 0.6 is 15.9 Å². The zero-order chi connectivity index (χ0) is 12.7. The number of nitrogens with zero attached hydrogens (tertiary/aromatic N) is 1. The maximum Gasteiger partial charge on any atom is 0.243 e. The molecule has 0 radical (unpaired) electrons. The molecule has 1 rings (SSSR count). The number of primary amides is 1. The van der Waals surface area contributed by atoms with Crippen molar-refractivity contribution in [1.29, 1.82) is 5.26 Å². The SMILES string of the molecule is N#Cc1c(Br)cccc1NCCOCC(N)=O. The maximum absolute atomic E-state index is 10.4. The second-order valence-corrected chi connectivity index (χ2v) is 4.07. The summed E-state index contributed by atoms with van der Waals surface area (Å²) in [5, 5.41) is 12.0. The first-order chi connectivity index (χ1) is 8.15. The van der Waals surface area contributed by atoms with Gasteiger partial charge in [0.1, 0.15) is 12.7 Å². The summed E-state index contributed by atoms with van der Waals surface area (Å²) in [5.41, 5.74) is 6.19. The van der Waals surface area contributed by atoms with E-state index in [0.717, 1.165) is 10.2 Å². The zero-order valence-electron chi connectivity index (χ0n) is 9.07. The highest BCUT2D eigenvalue weighted by molar-refractivity contribution is 9.10. The van der Waals surface area contributed by atoms with Crippen molar-refractivity contribution in [3.05, 3.63) is 28.2 Å². The normalized spacial score (nSPS) is 9.65. The van der Waals surface area contributed by atoms with E-state index in [9.17, 15) is 4.79 Å². The fraction of sp³-hybridized carbons (Fsp3) is 0.273. The minimum atomic E-state index is -0.495. The van der Waals surface area contributed by atoms with Gasteiger partial charge in [-0.05, 0) is 28.1 Å². The first-order valence-electron chi connectivity index (χ1n) is 4.93. The lowest BCUT2D eigenvalue weighted by atomic mass is 10.2. The number of benzene rings is 1. The van der Waals surface area contributed by atoms with Gasteiger partial charge in [-0.2, -0.15) is 5.26 Å². The van der Waals surface area contributed by atoms with Crippen LogP contribution in [0.3, 0.4) is 0 Å². The molecule has 0 aromatic heterocycles. The number of hydrogen-bond donors (Lipinski definition) is 2. The fourth-order valence-electron chi connectivity index (χ4n) is 1.22. The highest BCUT2D eigenvalue weighted by atomic mass is 79.9. The Labute approximate surface area is 108 Å². The van der Waals surface area contributed by atoms with Crippen molar-refractivity contribution in [1.82, 2.24) is 0 Å². The number of carbonyl (C=O) groups is 1. The molecule has 1 amide bonds. The molecule has 0 spiro atoms. The minimum Gasteiger partial charge on any atom is -0.382 e. The Morgan fingerprint density at radius 3 is 3.00 bits per heavy atom. The van der Waals surface area contributed by atoms with Crippen LogP contribution in [0.2, 0.25) is 0 Å². The Balaban J connectivity index is 2.45. The molecule has 0 saturated heterocycles. The quantitative estimate of drug-likeness (QED) is 0.773. The monoisotopic (exact) mass is 297 g/mol. The molecule has 0 bridgehead atoms. The molecule has 0 saturated carbocycles. The highest BCUT2D eigenvalue weighted by Gasteiger charge is 2.04. The number of carbonyl (C=O) groups excluding carboxylic acids is 1. The first kappa shape index (κ1) is 13.5. The predicted molar refractivity (Wildman–Crippen MR) is 67.4 cm³/mol. The van der Waals surface area contributed by atoms with E-state index in [1.165, 1.54) is 0 Å². The van der Waals surface area contributed by atoms with Gasteiger partial charge in [-0.1, -0.05) is 6.07 Å². The van der Waals surface area contributed by atoms with Gasteiger partial charge < -0.3 is 15.8 Å². The van der Waals surface area contributed by atoms with Gasteiger partial charge in [0.2, 0.25) is 5.91 Å². The number of ether oxygens (including phenoxy) is 1. The predicted octanol–water partition coefficient (Wildman–Crippen LogP) is 1.23. The van der Waals surface area contributed by atoms with E-state index in [1.807, 2.05) is 6.07 Å². The summed E-state index contributed by atoms with van der Waals surface area (Å²) in [5.74, 6) is -0.495. The molecular formula is C11H12BrN3O2. The smallest absolute Gasteiger partial charge is 0.243 e. The number of nitriles is 1. The lowest BCUT2D eigenvalue weighted by molar-refractivity contribution is -0.122. The van der Waals surface area contributed by atoms with Gasteiger partial charge in [-0.3, -0.25) is 4.79 Å². The summed E-state index contributed by atoms with van der Waals surface area (Å²) < 4.78 is 5.73. The summed E-state index contributed by atoms with van der Waals surface area (Å²) in [6.07, 6.45) is 0. The number of amides is 1.